The third kappa shape index (κ3) is 7.11. The Labute approximate surface area is 474 Å². The van der Waals surface area contributed by atoms with Gasteiger partial charge in [0.1, 0.15) is 0 Å². The summed E-state index contributed by atoms with van der Waals surface area (Å²) in [5.41, 5.74) is 26.9. The normalized spacial score (nSPS) is 11.9. The largest absolute Gasteiger partial charge is 0.255 e. The van der Waals surface area contributed by atoms with Crippen LogP contribution in [0.1, 0.15) is 0 Å². The van der Waals surface area contributed by atoms with Crippen molar-refractivity contribution in [3.8, 4) is 134 Å². The lowest BCUT2D eigenvalue weighted by Gasteiger charge is -2.20. The summed E-state index contributed by atoms with van der Waals surface area (Å²) in [6, 6.07) is 96.9. The van der Waals surface area contributed by atoms with Crippen molar-refractivity contribution in [3.63, 3.8) is 0 Å². The average Bonchev–Trinajstić information content (AvgIpc) is 2.40. The lowest BCUT2D eigenvalue weighted by Crippen LogP contribution is -1.95. The number of hydrogen-bond acceptors (Lipinski definition) is 4. The minimum Gasteiger partial charge on any atom is -0.255 e. The quantitative estimate of drug-likeness (QED) is 0.152. The van der Waals surface area contributed by atoms with Gasteiger partial charge in [0, 0.05) is 29.1 Å². The molecule has 4 heteroatoms. The van der Waals surface area contributed by atoms with Gasteiger partial charge in [-0.05, 0) is 199 Å². The summed E-state index contributed by atoms with van der Waals surface area (Å²) in [6.07, 6.45) is 3.66. The second kappa shape index (κ2) is 18.3. The van der Waals surface area contributed by atoms with Crippen LogP contribution in [0, 0.1) is 0 Å². The Morgan fingerprint density at radius 1 is 0.207 bits per heavy atom. The summed E-state index contributed by atoms with van der Waals surface area (Å²) < 4.78 is 0. The number of hydrogen-bond donors (Lipinski definition) is 0. The van der Waals surface area contributed by atoms with Crippen molar-refractivity contribution in [1.29, 1.82) is 0 Å². The molecule has 0 saturated heterocycles. The van der Waals surface area contributed by atoms with Crippen molar-refractivity contribution >= 4 is 43.1 Å². The van der Waals surface area contributed by atoms with E-state index < -0.39 is 0 Å². The molecule has 2 aliphatic carbocycles. The summed E-state index contributed by atoms with van der Waals surface area (Å²) in [5.74, 6) is 0. The second-order valence-electron chi connectivity index (χ2n) is 21.5. The Bertz CT molecular complexity index is 5040. The van der Waals surface area contributed by atoms with Crippen LogP contribution in [-0.4, -0.2) is 19.9 Å². The molecule has 0 bridgehead atoms. The maximum Gasteiger partial charge on any atom is 0.0894 e. The molecule has 0 spiro atoms. The molecule has 2 aliphatic rings. The van der Waals surface area contributed by atoms with Crippen LogP contribution in [0.15, 0.2) is 279 Å². The number of pyridine rings is 4. The smallest absolute Gasteiger partial charge is 0.0894 e. The molecule has 17 rings (SSSR count). The number of rotatable bonds is 8. The first kappa shape index (κ1) is 46.0. The standard InChI is InChI=1S/C78H46N4/c1-3-17-47(18-4-1)72-59-23-7-8-24-60(59)73(48-19-5-2-6-20-48)77-64-38-35-54(57-25-15-28-63(75(57)64)76(72)77)50-21-13-22-52(43-50)78-55(39-40-71(82-78)69-30-10-12-42-80-69)51-34-33-49-45-65-62-37-36-56(67-31-16-32-70(81-67)68-29-9-11-41-79-68)58-26-14-27-61(74(58)62)66(65)46-53(49)44-51/h1-46H. The van der Waals surface area contributed by atoms with E-state index in [1.54, 1.807) is 0 Å². The predicted molar refractivity (Wildman–Crippen MR) is 340 cm³/mol. The van der Waals surface area contributed by atoms with E-state index in [2.05, 4.69) is 229 Å². The Hall–Kier alpha value is -10.9. The summed E-state index contributed by atoms with van der Waals surface area (Å²) in [7, 11) is 0. The van der Waals surface area contributed by atoms with Gasteiger partial charge in [-0.3, -0.25) is 9.97 Å². The third-order valence-corrected chi connectivity index (χ3v) is 17.1. The summed E-state index contributed by atoms with van der Waals surface area (Å²) in [4.78, 5) is 20.0. The van der Waals surface area contributed by atoms with Gasteiger partial charge in [0.2, 0.25) is 0 Å². The fourth-order valence-electron chi connectivity index (χ4n) is 13.5. The first-order chi connectivity index (χ1) is 40.7. The molecular weight excluding hydrogens is 993 g/mol. The van der Waals surface area contributed by atoms with Crippen molar-refractivity contribution in [2.45, 2.75) is 0 Å². The maximum atomic E-state index is 5.53. The zero-order valence-corrected chi connectivity index (χ0v) is 44.3. The maximum absolute atomic E-state index is 5.53. The number of aromatic nitrogens is 4. The Balaban J connectivity index is 0.800. The first-order valence-corrected chi connectivity index (χ1v) is 28.0. The van der Waals surface area contributed by atoms with Crippen LogP contribution in [0.25, 0.3) is 177 Å². The molecule has 0 fully saturated rings. The molecule has 0 saturated carbocycles. The van der Waals surface area contributed by atoms with Crippen LogP contribution < -0.4 is 0 Å². The molecule has 378 valence electrons. The van der Waals surface area contributed by atoms with E-state index >= 15 is 0 Å². The molecule has 0 radical (unpaired) electrons. The molecule has 0 amide bonds. The van der Waals surface area contributed by atoms with Crippen molar-refractivity contribution < 1.29 is 0 Å². The van der Waals surface area contributed by atoms with E-state index in [9.17, 15) is 0 Å². The van der Waals surface area contributed by atoms with E-state index in [0.29, 0.717) is 0 Å². The number of nitrogens with zero attached hydrogens (tertiary/aromatic N) is 4. The molecule has 82 heavy (non-hydrogen) atoms. The van der Waals surface area contributed by atoms with Crippen molar-refractivity contribution in [3.05, 3.63) is 279 Å². The van der Waals surface area contributed by atoms with Gasteiger partial charge in [0.05, 0.1) is 34.2 Å². The molecule has 0 aliphatic heterocycles. The van der Waals surface area contributed by atoms with Crippen molar-refractivity contribution in [1.82, 2.24) is 19.9 Å². The third-order valence-electron chi connectivity index (χ3n) is 17.1. The zero-order valence-electron chi connectivity index (χ0n) is 44.3. The van der Waals surface area contributed by atoms with Gasteiger partial charge in [-0.15, -0.1) is 0 Å². The van der Waals surface area contributed by atoms with Crippen LogP contribution in [0.3, 0.4) is 0 Å². The molecule has 4 nitrogen and oxygen atoms in total. The molecule has 15 aromatic rings. The molecule has 11 aromatic carbocycles. The number of fused-ring (bicyclic) bond motifs is 8. The highest BCUT2D eigenvalue weighted by atomic mass is 14.8. The van der Waals surface area contributed by atoms with E-state index in [0.717, 1.165) is 62.0 Å². The fourth-order valence-corrected chi connectivity index (χ4v) is 13.5. The Kier molecular flexibility index (Phi) is 10.3. The molecule has 4 aromatic heterocycles. The van der Waals surface area contributed by atoms with Gasteiger partial charge in [0.15, 0.2) is 0 Å². The first-order valence-electron chi connectivity index (χ1n) is 28.0. The zero-order chi connectivity index (χ0) is 53.8. The van der Waals surface area contributed by atoms with Gasteiger partial charge in [-0.2, -0.15) is 0 Å². The van der Waals surface area contributed by atoms with Crippen molar-refractivity contribution in [2.75, 3.05) is 0 Å². The van der Waals surface area contributed by atoms with E-state index in [4.69, 9.17) is 15.0 Å². The average molecular weight is 1040 g/mol. The highest BCUT2D eigenvalue weighted by Crippen LogP contribution is 2.59. The van der Waals surface area contributed by atoms with E-state index in [1.165, 1.54) is 115 Å². The van der Waals surface area contributed by atoms with Crippen LogP contribution in [0.2, 0.25) is 0 Å². The molecular formula is C78H46N4. The van der Waals surface area contributed by atoms with Crippen LogP contribution in [0.4, 0.5) is 0 Å². The lowest BCUT2D eigenvalue weighted by molar-refractivity contribution is 1.25. The minimum absolute atomic E-state index is 0.825. The molecule has 0 atom stereocenters. The van der Waals surface area contributed by atoms with Crippen LogP contribution in [0.5, 0.6) is 0 Å². The van der Waals surface area contributed by atoms with Gasteiger partial charge in [-0.1, -0.05) is 194 Å². The minimum atomic E-state index is 0.825. The molecule has 0 N–H and O–H groups in total. The summed E-state index contributed by atoms with van der Waals surface area (Å²) >= 11 is 0. The highest BCUT2D eigenvalue weighted by Gasteiger charge is 2.32. The van der Waals surface area contributed by atoms with Gasteiger partial charge >= 0.3 is 0 Å². The monoisotopic (exact) mass is 1040 g/mol. The summed E-state index contributed by atoms with van der Waals surface area (Å²) in [6.45, 7) is 0. The van der Waals surface area contributed by atoms with E-state index in [1.807, 2.05) is 54.9 Å². The second-order valence-corrected chi connectivity index (χ2v) is 21.5. The van der Waals surface area contributed by atoms with Gasteiger partial charge < -0.3 is 0 Å². The number of benzene rings is 11. The summed E-state index contributed by atoms with van der Waals surface area (Å²) in [5, 5.41) is 9.84. The topological polar surface area (TPSA) is 51.6 Å². The SMILES string of the molecule is c1ccc(-c2c3c(c(-c4ccccc4)c4ccccc24)-c2ccc(-c4cccc(-c5nc(-c6ccccn6)ccc5-c5ccc6cc7c(cc6c5)-c5cccc6c(-c8cccc(-c9ccccn9)n8)ccc-7c56)c4)c4cccc-3c24)cc1. The Morgan fingerprint density at radius 3 is 1.39 bits per heavy atom. The Morgan fingerprint density at radius 2 is 0.683 bits per heavy atom. The van der Waals surface area contributed by atoms with Gasteiger partial charge in [0.25, 0.3) is 0 Å². The highest BCUT2D eigenvalue weighted by molar-refractivity contribution is 6.29. The fraction of sp³-hybridized carbons (Fsp3) is 0. The molecule has 4 heterocycles. The lowest BCUT2D eigenvalue weighted by atomic mass is 9.82. The van der Waals surface area contributed by atoms with Crippen molar-refractivity contribution in [2.24, 2.45) is 0 Å². The van der Waals surface area contributed by atoms with Crippen LogP contribution in [-0.2, 0) is 0 Å². The van der Waals surface area contributed by atoms with Crippen LogP contribution >= 0.6 is 0 Å². The van der Waals surface area contributed by atoms with E-state index in [-0.39, 0.29) is 0 Å². The molecule has 0 unspecified atom stereocenters. The van der Waals surface area contributed by atoms with Gasteiger partial charge in [-0.25, -0.2) is 9.97 Å². The predicted octanol–water partition coefficient (Wildman–Crippen LogP) is 20.5.